The van der Waals surface area contributed by atoms with Crippen LogP contribution >= 0.6 is 0 Å². The maximum Gasteiger partial charge on any atom is 0.119 e. The van der Waals surface area contributed by atoms with E-state index in [0.717, 1.165) is 17.9 Å². The average molecular weight is 228 g/mol. The van der Waals surface area contributed by atoms with Gasteiger partial charge in [-0.3, -0.25) is 4.98 Å². The van der Waals surface area contributed by atoms with E-state index in [2.05, 4.69) is 16.4 Å². The number of pyridine rings is 1. The van der Waals surface area contributed by atoms with Crippen molar-refractivity contribution in [1.82, 2.24) is 10.3 Å². The van der Waals surface area contributed by atoms with Gasteiger partial charge in [0.2, 0.25) is 0 Å². The predicted octanol–water partition coefficient (Wildman–Crippen LogP) is 2.48. The number of nitrogens with one attached hydrogen (secondary N) is 1. The number of hydrogen-bond acceptors (Lipinski definition) is 3. The summed E-state index contributed by atoms with van der Waals surface area (Å²) in [5.41, 5.74) is 3.52. The Labute approximate surface area is 101 Å². The summed E-state index contributed by atoms with van der Waals surface area (Å²) >= 11 is 0. The maximum absolute atomic E-state index is 5.24. The molecule has 2 rings (SSSR count). The van der Waals surface area contributed by atoms with Gasteiger partial charge in [-0.25, -0.2) is 0 Å². The molecular weight excluding hydrogens is 212 g/mol. The molecule has 1 N–H and O–H groups in total. The van der Waals surface area contributed by atoms with Crippen molar-refractivity contribution in [1.29, 1.82) is 0 Å². The molecule has 0 aliphatic carbocycles. The SMILES string of the molecule is CNCc1cnccc1-c1cccc(OC)c1. The molecule has 0 aliphatic heterocycles. The zero-order chi connectivity index (χ0) is 12.1. The third kappa shape index (κ3) is 2.63. The molecule has 0 saturated heterocycles. The number of rotatable bonds is 4. The monoisotopic (exact) mass is 228 g/mol. The van der Waals surface area contributed by atoms with Crippen molar-refractivity contribution in [3.05, 3.63) is 48.3 Å². The van der Waals surface area contributed by atoms with E-state index in [-0.39, 0.29) is 0 Å². The highest BCUT2D eigenvalue weighted by Crippen LogP contribution is 2.26. The lowest BCUT2D eigenvalue weighted by Gasteiger charge is -2.09. The van der Waals surface area contributed by atoms with Gasteiger partial charge in [0.05, 0.1) is 7.11 Å². The fourth-order valence-electron chi connectivity index (χ4n) is 1.83. The van der Waals surface area contributed by atoms with Gasteiger partial charge in [-0.1, -0.05) is 12.1 Å². The summed E-state index contributed by atoms with van der Waals surface area (Å²) in [5.74, 6) is 0.870. The number of ether oxygens (including phenoxy) is 1. The van der Waals surface area contributed by atoms with Crippen LogP contribution in [0.4, 0.5) is 0 Å². The van der Waals surface area contributed by atoms with Crippen LogP contribution in [0, 0.1) is 0 Å². The summed E-state index contributed by atoms with van der Waals surface area (Å²) in [6.07, 6.45) is 3.71. The van der Waals surface area contributed by atoms with E-state index in [1.165, 1.54) is 11.1 Å². The summed E-state index contributed by atoms with van der Waals surface area (Å²) < 4.78 is 5.24. The van der Waals surface area contributed by atoms with Crippen LogP contribution in [-0.2, 0) is 6.54 Å². The molecule has 1 aromatic heterocycles. The van der Waals surface area contributed by atoms with Gasteiger partial charge in [-0.15, -0.1) is 0 Å². The molecule has 0 spiro atoms. The molecule has 0 aliphatic rings. The quantitative estimate of drug-likeness (QED) is 0.873. The van der Waals surface area contributed by atoms with Gasteiger partial charge >= 0.3 is 0 Å². The van der Waals surface area contributed by atoms with Crippen molar-refractivity contribution in [3.63, 3.8) is 0 Å². The topological polar surface area (TPSA) is 34.2 Å². The minimum atomic E-state index is 0.806. The van der Waals surface area contributed by atoms with Crippen LogP contribution in [-0.4, -0.2) is 19.1 Å². The Balaban J connectivity index is 2.44. The van der Waals surface area contributed by atoms with Gasteiger partial charge in [-0.05, 0) is 41.9 Å². The third-order valence-electron chi connectivity index (χ3n) is 2.65. The first-order valence-electron chi connectivity index (χ1n) is 5.57. The Morgan fingerprint density at radius 3 is 2.94 bits per heavy atom. The van der Waals surface area contributed by atoms with E-state index in [0.29, 0.717) is 0 Å². The second kappa shape index (κ2) is 5.46. The molecule has 17 heavy (non-hydrogen) atoms. The smallest absolute Gasteiger partial charge is 0.119 e. The number of nitrogens with zero attached hydrogens (tertiary/aromatic N) is 1. The zero-order valence-corrected chi connectivity index (χ0v) is 10.1. The second-order valence-electron chi connectivity index (χ2n) is 3.80. The highest BCUT2D eigenvalue weighted by atomic mass is 16.5. The highest BCUT2D eigenvalue weighted by molar-refractivity contribution is 5.68. The van der Waals surface area contributed by atoms with Gasteiger partial charge < -0.3 is 10.1 Å². The van der Waals surface area contributed by atoms with Gasteiger partial charge in [0.1, 0.15) is 5.75 Å². The van der Waals surface area contributed by atoms with Gasteiger partial charge in [0.25, 0.3) is 0 Å². The Kier molecular flexibility index (Phi) is 3.73. The summed E-state index contributed by atoms with van der Waals surface area (Å²) in [5, 5.41) is 3.15. The molecule has 3 heteroatoms. The number of hydrogen-bond donors (Lipinski definition) is 1. The molecule has 0 amide bonds. The van der Waals surface area contributed by atoms with E-state index >= 15 is 0 Å². The maximum atomic E-state index is 5.24. The minimum Gasteiger partial charge on any atom is -0.497 e. The number of benzene rings is 1. The summed E-state index contributed by atoms with van der Waals surface area (Å²) in [7, 11) is 3.61. The molecule has 2 aromatic rings. The van der Waals surface area contributed by atoms with Crippen molar-refractivity contribution in [2.24, 2.45) is 0 Å². The van der Waals surface area contributed by atoms with E-state index in [1.807, 2.05) is 43.7 Å². The lowest BCUT2D eigenvalue weighted by molar-refractivity contribution is 0.415. The predicted molar refractivity (Wildman–Crippen MR) is 69.0 cm³/mol. The lowest BCUT2D eigenvalue weighted by Crippen LogP contribution is -2.06. The first kappa shape index (κ1) is 11.6. The third-order valence-corrected chi connectivity index (χ3v) is 2.65. The Morgan fingerprint density at radius 1 is 1.29 bits per heavy atom. The zero-order valence-electron chi connectivity index (χ0n) is 10.1. The standard InChI is InChI=1S/C14H16N2O/c1-15-9-12-10-16-7-6-14(12)11-4-3-5-13(8-11)17-2/h3-8,10,15H,9H2,1-2H3. The summed E-state index contributed by atoms with van der Waals surface area (Å²) in [6.45, 7) is 0.806. The molecular formula is C14H16N2O. The molecule has 0 unspecified atom stereocenters. The highest BCUT2D eigenvalue weighted by Gasteiger charge is 2.05. The van der Waals surface area contributed by atoms with Crippen LogP contribution in [0.15, 0.2) is 42.7 Å². The van der Waals surface area contributed by atoms with Crippen LogP contribution in [0.5, 0.6) is 5.75 Å². The second-order valence-corrected chi connectivity index (χ2v) is 3.80. The molecule has 0 saturated carbocycles. The van der Waals surface area contributed by atoms with Crippen molar-refractivity contribution in [2.45, 2.75) is 6.54 Å². The molecule has 0 fully saturated rings. The van der Waals surface area contributed by atoms with Crippen molar-refractivity contribution >= 4 is 0 Å². The molecule has 0 bridgehead atoms. The first-order chi connectivity index (χ1) is 8.35. The Bertz CT molecular complexity index is 497. The van der Waals surface area contributed by atoms with Crippen LogP contribution < -0.4 is 10.1 Å². The van der Waals surface area contributed by atoms with Crippen LogP contribution in [0.3, 0.4) is 0 Å². The number of aromatic nitrogens is 1. The minimum absolute atomic E-state index is 0.806. The normalized spacial score (nSPS) is 10.2. The van der Waals surface area contributed by atoms with Crippen LogP contribution in [0.1, 0.15) is 5.56 Å². The largest absolute Gasteiger partial charge is 0.497 e. The van der Waals surface area contributed by atoms with Crippen LogP contribution in [0.25, 0.3) is 11.1 Å². The van der Waals surface area contributed by atoms with Gasteiger partial charge in [-0.2, -0.15) is 0 Å². The molecule has 1 heterocycles. The van der Waals surface area contributed by atoms with Crippen molar-refractivity contribution in [2.75, 3.05) is 14.2 Å². The molecule has 0 atom stereocenters. The van der Waals surface area contributed by atoms with E-state index in [9.17, 15) is 0 Å². The van der Waals surface area contributed by atoms with Crippen LogP contribution in [0.2, 0.25) is 0 Å². The summed E-state index contributed by atoms with van der Waals surface area (Å²) in [4.78, 5) is 4.16. The Hall–Kier alpha value is -1.87. The molecule has 0 radical (unpaired) electrons. The molecule has 88 valence electrons. The van der Waals surface area contributed by atoms with Crippen molar-refractivity contribution in [3.8, 4) is 16.9 Å². The first-order valence-corrected chi connectivity index (χ1v) is 5.57. The van der Waals surface area contributed by atoms with E-state index in [4.69, 9.17) is 4.74 Å². The number of methoxy groups -OCH3 is 1. The van der Waals surface area contributed by atoms with Gasteiger partial charge in [0, 0.05) is 18.9 Å². The van der Waals surface area contributed by atoms with E-state index < -0.39 is 0 Å². The average Bonchev–Trinajstić information content (AvgIpc) is 2.40. The van der Waals surface area contributed by atoms with Gasteiger partial charge in [0.15, 0.2) is 0 Å². The summed E-state index contributed by atoms with van der Waals surface area (Å²) in [6, 6.07) is 10.1. The fourth-order valence-corrected chi connectivity index (χ4v) is 1.83. The molecule has 1 aromatic carbocycles. The lowest BCUT2D eigenvalue weighted by atomic mass is 10.0. The van der Waals surface area contributed by atoms with Crippen molar-refractivity contribution < 1.29 is 4.74 Å². The fraction of sp³-hybridized carbons (Fsp3) is 0.214. The molecule has 3 nitrogen and oxygen atoms in total. The van der Waals surface area contributed by atoms with E-state index in [1.54, 1.807) is 7.11 Å². The Morgan fingerprint density at radius 2 is 2.18 bits per heavy atom.